The van der Waals surface area contributed by atoms with E-state index in [1.54, 1.807) is 0 Å². The van der Waals surface area contributed by atoms with E-state index in [-0.39, 0.29) is 24.5 Å². The summed E-state index contributed by atoms with van der Waals surface area (Å²) in [6.07, 6.45) is 0.0701. The first kappa shape index (κ1) is 22.1. The van der Waals surface area contributed by atoms with Crippen LogP contribution < -0.4 is 4.74 Å². The Hall–Kier alpha value is -3.12. The summed E-state index contributed by atoms with van der Waals surface area (Å²) in [7, 11) is 2.07. The van der Waals surface area contributed by atoms with Gasteiger partial charge in [0.2, 0.25) is 0 Å². The number of likely N-dealkylation sites (N-methyl/N-ethyl adjacent to an activating group) is 1. The molecule has 6 heteroatoms. The second-order valence-corrected chi connectivity index (χ2v) is 8.89. The van der Waals surface area contributed by atoms with Gasteiger partial charge in [-0.25, -0.2) is 0 Å². The van der Waals surface area contributed by atoms with Gasteiger partial charge in [0.1, 0.15) is 11.4 Å². The van der Waals surface area contributed by atoms with Gasteiger partial charge in [-0.2, -0.15) is 0 Å². The van der Waals surface area contributed by atoms with Crippen molar-refractivity contribution in [2.45, 2.75) is 33.4 Å². The number of piperazine rings is 1. The summed E-state index contributed by atoms with van der Waals surface area (Å²) in [5.41, 5.74) is 3.85. The van der Waals surface area contributed by atoms with Crippen LogP contribution in [0, 0.1) is 6.92 Å². The summed E-state index contributed by atoms with van der Waals surface area (Å²) in [5, 5.41) is 0. The molecule has 6 nitrogen and oxygen atoms in total. The lowest BCUT2D eigenvalue weighted by atomic mass is 10.0. The maximum atomic E-state index is 13.5. The van der Waals surface area contributed by atoms with Crippen molar-refractivity contribution in [1.82, 2.24) is 14.7 Å². The van der Waals surface area contributed by atoms with Gasteiger partial charge in [0.15, 0.2) is 0 Å². The lowest BCUT2D eigenvalue weighted by Gasteiger charge is -2.34. The molecule has 0 N–H and O–H groups in total. The van der Waals surface area contributed by atoms with Crippen molar-refractivity contribution in [2.75, 3.05) is 33.2 Å². The van der Waals surface area contributed by atoms with E-state index in [9.17, 15) is 9.59 Å². The fourth-order valence-corrected chi connectivity index (χ4v) is 4.14. The summed E-state index contributed by atoms with van der Waals surface area (Å²) in [5.74, 6) is 0.304. The van der Waals surface area contributed by atoms with Gasteiger partial charge in [-0.3, -0.25) is 14.5 Å². The number of hydrogen-bond acceptors (Lipinski definition) is 5. The molecule has 0 radical (unpaired) electrons. The molecular weight excluding hydrogens is 402 g/mol. The Balaban J connectivity index is 1.68. The van der Waals surface area contributed by atoms with Crippen LogP contribution in [-0.4, -0.2) is 65.8 Å². The van der Waals surface area contributed by atoms with E-state index < -0.39 is 0 Å². The van der Waals surface area contributed by atoms with E-state index in [2.05, 4.69) is 16.8 Å². The Morgan fingerprint density at radius 2 is 1.50 bits per heavy atom. The second kappa shape index (κ2) is 9.17. The fraction of sp³-hybridized carbons (Fsp3) is 0.385. The predicted octanol–water partition coefficient (Wildman–Crippen LogP) is 3.31. The first-order valence-corrected chi connectivity index (χ1v) is 11.2. The number of carbonyl (C=O) groups is 2. The van der Waals surface area contributed by atoms with Crippen LogP contribution in [-0.2, 0) is 16.1 Å². The van der Waals surface area contributed by atoms with Gasteiger partial charge in [0.25, 0.3) is 11.8 Å². The van der Waals surface area contributed by atoms with Gasteiger partial charge in [0.05, 0.1) is 18.2 Å². The second-order valence-electron chi connectivity index (χ2n) is 8.89. The number of nitrogens with zero attached hydrogens (tertiary/aromatic N) is 3. The third-order valence-electron chi connectivity index (χ3n) is 5.94. The minimum absolute atomic E-state index is 0.0701. The van der Waals surface area contributed by atoms with Gasteiger partial charge in [-0.05, 0) is 51.1 Å². The van der Waals surface area contributed by atoms with Crippen LogP contribution in [0.3, 0.4) is 0 Å². The smallest absolute Gasteiger partial charge is 0.278 e. The zero-order valence-corrected chi connectivity index (χ0v) is 19.3. The minimum atomic E-state index is -0.234. The number of amides is 2. The molecule has 0 saturated carbocycles. The molecule has 2 amide bonds. The molecule has 2 aliphatic rings. The zero-order chi connectivity index (χ0) is 22.8. The molecule has 32 heavy (non-hydrogen) atoms. The van der Waals surface area contributed by atoms with Crippen molar-refractivity contribution in [2.24, 2.45) is 0 Å². The highest BCUT2D eigenvalue weighted by molar-refractivity contribution is 6.35. The van der Waals surface area contributed by atoms with E-state index in [1.807, 2.05) is 69.3 Å². The van der Waals surface area contributed by atoms with Crippen molar-refractivity contribution >= 4 is 17.4 Å². The molecule has 0 aliphatic carbocycles. The van der Waals surface area contributed by atoms with Crippen LogP contribution in [0.2, 0.25) is 0 Å². The number of carbonyl (C=O) groups excluding carboxylic acids is 2. The van der Waals surface area contributed by atoms with Crippen molar-refractivity contribution < 1.29 is 14.3 Å². The Kier molecular flexibility index (Phi) is 6.33. The molecule has 2 aliphatic heterocycles. The van der Waals surface area contributed by atoms with E-state index in [0.717, 1.165) is 48.6 Å². The fourth-order valence-electron chi connectivity index (χ4n) is 4.14. The Morgan fingerprint density at radius 1 is 0.875 bits per heavy atom. The van der Waals surface area contributed by atoms with Crippen molar-refractivity contribution in [3.05, 3.63) is 70.9 Å². The highest BCUT2D eigenvalue weighted by Gasteiger charge is 2.42. The largest absolute Gasteiger partial charge is 0.491 e. The Labute approximate surface area is 190 Å². The number of aryl methyl sites for hydroxylation is 1. The van der Waals surface area contributed by atoms with Gasteiger partial charge in [-0.15, -0.1) is 0 Å². The maximum Gasteiger partial charge on any atom is 0.278 e. The van der Waals surface area contributed by atoms with Crippen molar-refractivity contribution in [3.63, 3.8) is 0 Å². The highest BCUT2D eigenvalue weighted by Crippen LogP contribution is 2.34. The molecule has 0 spiro atoms. The van der Waals surface area contributed by atoms with Crippen LogP contribution in [0.1, 0.15) is 30.5 Å². The first-order valence-electron chi connectivity index (χ1n) is 11.2. The molecule has 4 rings (SSSR count). The number of hydrogen-bond donors (Lipinski definition) is 0. The SMILES string of the molecule is Cc1ccc(CN2C(=O)C(c3ccc(OC(C)C)cc3)=C(N3CCN(C)CC3)C2=O)cc1. The molecular formula is C26H31N3O3. The molecule has 2 aromatic carbocycles. The first-order chi connectivity index (χ1) is 15.3. The Morgan fingerprint density at radius 3 is 2.09 bits per heavy atom. The summed E-state index contributed by atoms with van der Waals surface area (Å²) < 4.78 is 5.75. The molecule has 0 aromatic heterocycles. The molecule has 0 bridgehead atoms. The van der Waals surface area contributed by atoms with Crippen LogP contribution in [0.4, 0.5) is 0 Å². The van der Waals surface area contributed by atoms with Crippen LogP contribution in [0.15, 0.2) is 54.2 Å². The lowest BCUT2D eigenvalue weighted by molar-refractivity contribution is -0.138. The monoisotopic (exact) mass is 433 g/mol. The molecule has 0 unspecified atom stereocenters. The highest BCUT2D eigenvalue weighted by atomic mass is 16.5. The van der Waals surface area contributed by atoms with E-state index in [1.165, 1.54) is 4.90 Å². The van der Waals surface area contributed by atoms with E-state index >= 15 is 0 Å². The van der Waals surface area contributed by atoms with Crippen LogP contribution in [0.5, 0.6) is 5.75 Å². The average Bonchev–Trinajstić information content (AvgIpc) is 3.01. The molecule has 2 aromatic rings. The van der Waals surface area contributed by atoms with Crippen LogP contribution in [0.25, 0.3) is 5.57 Å². The van der Waals surface area contributed by atoms with Crippen molar-refractivity contribution in [3.8, 4) is 5.75 Å². The van der Waals surface area contributed by atoms with Crippen molar-refractivity contribution in [1.29, 1.82) is 0 Å². The zero-order valence-electron chi connectivity index (χ0n) is 19.3. The van der Waals surface area contributed by atoms with Gasteiger partial charge >= 0.3 is 0 Å². The molecule has 2 heterocycles. The quantitative estimate of drug-likeness (QED) is 0.655. The third-order valence-corrected chi connectivity index (χ3v) is 5.94. The molecule has 0 atom stereocenters. The lowest BCUT2D eigenvalue weighted by Crippen LogP contribution is -2.46. The molecule has 1 fully saturated rings. The number of benzene rings is 2. The molecule has 168 valence electrons. The number of imide groups is 1. The van der Waals surface area contributed by atoms with Gasteiger partial charge < -0.3 is 14.5 Å². The Bertz CT molecular complexity index is 1020. The summed E-state index contributed by atoms with van der Waals surface area (Å²) in [4.78, 5) is 32.8. The number of rotatable bonds is 6. The van der Waals surface area contributed by atoms with Gasteiger partial charge in [-0.1, -0.05) is 42.0 Å². The van der Waals surface area contributed by atoms with E-state index in [4.69, 9.17) is 4.74 Å². The number of ether oxygens (including phenoxy) is 1. The summed E-state index contributed by atoms with van der Waals surface area (Å²) in [6, 6.07) is 15.4. The summed E-state index contributed by atoms with van der Waals surface area (Å²) in [6.45, 7) is 9.41. The van der Waals surface area contributed by atoms with Crippen LogP contribution >= 0.6 is 0 Å². The third kappa shape index (κ3) is 4.55. The molecule has 1 saturated heterocycles. The normalized spacial score (nSPS) is 17.7. The summed E-state index contributed by atoms with van der Waals surface area (Å²) >= 11 is 0. The van der Waals surface area contributed by atoms with Gasteiger partial charge in [0, 0.05) is 26.2 Å². The predicted molar refractivity (Wildman–Crippen MR) is 125 cm³/mol. The standard InChI is InChI=1S/C26H31N3O3/c1-18(2)32-22-11-9-21(10-12-22)23-24(28-15-13-27(4)14-16-28)26(31)29(25(23)30)17-20-7-5-19(3)6-8-20/h5-12,18H,13-17H2,1-4H3. The van der Waals surface area contributed by atoms with E-state index in [0.29, 0.717) is 11.3 Å². The average molecular weight is 434 g/mol. The minimum Gasteiger partial charge on any atom is -0.491 e. The topological polar surface area (TPSA) is 53.1 Å². The maximum absolute atomic E-state index is 13.5.